The van der Waals surface area contributed by atoms with Crippen molar-refractivity contribution < 1.29 is 14.3 Å². The first-order valence-corrected chi connectivity index (χ1v) is 7.12. The number of esters is 1. The fraction of sp³-hybridized carbons (Fsp3) is 0.500. The van der Waals surface area contributed by atoms with Gasteiger partial charge in [-0.3, -0.25) is 4.79 Å². The lowest BCUT2D eigenvalue weighted by molar-refractivity contribution is -0.120. The summed E-state index contributed by atoms with van der Waals surface area (Å²) in [7, 11) is 0. The van der Waals surface area contributed by atoms with Crippen LogP contribution in [0.2, 0.25) is 0 Å². The van der Waals surface area contributed by atoms with E-state index < -0.39 is 0 Å². The SMILES string of the molecule is CCOC(=O)c1ccc(NC(=O)C(CC)CC)c(C)c1. The van der Waals surface area contributed by atoms with Gasteiger partial charge in [0.05, 0.1) is 12.2 Å². The van der Waals surface area contributed by atoms with Crippen LogP contribution >= 0.6 is 0 Å². The summed E-state index contributed by atoms with van der Waals surface area (Å²) in [5.74, 6) is -0.283. The van der Waals surface area contributed by atoms with E-state index >= 15 is 0 Å². The van der Waals surface area contributed by atoms with Crippen LogP contribution in [0.15, 0.2) is 18.2 Å². The molecular formula is C16H23NO3. The Balaban J connectivity index is 2.83. The van der Waals surface area contributed by atoms with E-state index in [9.17, 15) is 9.59 Å². The number of ether oxygens (including phenoxy) is 1. The number of carbonyl (C=O) groups is 2. The summed E-state index contributed by atoms with van der Waals surface area (Å²) in [5.41, 5.74) is 2.11. The molecule has 1 aromatic carbocycles. The Labute approximate surface area is 120 Å². The van der Waals surface area contributed by atoms with Gasteiger partial charge >= 0.3 is 5.97 Å². The molecule has 4 heteroatoms. The first kappa shape index (κ1) is 16.2. The van der Waals surface area contributed by atoms with Crippen molar-refractivity contribution in [1.29, 1.82) is 0 Å². The van der Waals surface area contributed by atoms with Crippen LogP contribution < -0.4 is 5.32 Å². The number of anilines is 1. The van der Waals surface area contributed by atoms with Gasteiger partial charge in [-0.15, -0.1) is 0 Å². The molecule has 1 aromatic rings. The van der Waals surface area contributed by atoms with Crippen molar-refractivity contribution in [1.82, 2.24) is 0 Å². The number of rotatable bonds is 6. The van der Waals surface area contributed by atoms with E-state index in [1.807, 2.05) is 20.8 Å². The molecule has 1 N–H and O–H groups in total. The number of hydrogen-bond acceptors (Lipinski definition) is 3. The average Bonchev–Trinajstić information content (AvgIpc) is 2.42. The van der Waals surface area contributed by atoms with Crippen LogP contribution in [0.5, 0.6) is 0 Å². The summed E-state index contributed by atoms with van der Waals surface area (Å²) in [4.78, 5) is 23.7. The van der Waals surface area contributed by atoms with Crippen LogP contribution in [-0.4, -0.2) is 18.5 Å². The van der Waals surface area contributed by atoms with E-state index in [4.69, 9.17) is 4.74 Å². The zero-order chi connectivity index (χ0) is 15.1. The molecule has 0 radical (unpaired) electrons. The van der Waals surface area contributed by atoms with E-state index in [-0.39, 0.29) is 17.8 Å². The smallest absolute Gasteiger partial charge is 0.338 e. The molecule has 0 aromatic heterocycles. The highest BCUT2D eigenvalue weighted by atomic mass is 16.5. The van der Waals surface area contributed by atoms with E-state index in [1.165, 1.54) is 0 Å². The molecule has 0 saturated carbocycles. The lowest BCUT2D eigenvalue weighted by Gasteiger charge is -2.14. The topological polar surface area (TPSA) is 55.4 Å². The highest BCUT2D eigenvalue weighted by Crippen LogP contribution is 2.19. The number of aryl methyl sites for hydroxylation is 1. The third-order valence-electron chi connectivity index (χ3n) is 3.35. The predicted octanol–water partition coefficient (Wildman–Crippen LogP) is 3.55. The van der Waals surface area contributed by atoms with Gasteiger partial charge in [0.25, 0.3) is 0 Å². The van der Waals surface area contributed by atoms with Gasteiger partial charge in [0.2, 0.25) is 5.91 Å². The second-order valence-electron chi connectivity index (χ2n) is 4.75. The van der Waals surface area contributed by atoms with E-state index in [0.717, 1.165) is 24.1 Å². The normalized spacial score (nSPS) is 10.4. The van der Waals surface area contributed by atoms with Crippen LogP contribution in [-0.2, 0) is 9.53 Å². The lowest BCUT2D eigenvalue weighted by atomic mass is 10.0. The van der Waals surface area contributed by atoms with Gasteiger partial charge in [-0.05, 0) is 50.5 Å². The molecule has 4 nitrogen and oxygen atoms in total. The molecule has 0 aliphatic carbocycles. The van der Waals surface area contributed by atoms with Gasteiger partial charge in [0.15, 0.2) is 0 Å². The molecule has 0 saturated heterocycles. The maximum absolute atomic E-state index is 12.0. The molecule has 0 spiro atoms. The summed E-state index contributed by atoms with van der Waals surface area (Å²) < 4.78 is 4.95. The quantitative estimate of drug-likeness (QED) is 0.809. The number of nitrogens with one attached hydrogen (secondary N) is 1. The maximum atomic E-state index is 12.0. The Morgan fingerprint density at radius 2 is 1.85 bits per heavy atom. The minimum Gasteiger partial charge on any atom is -0.462 e. The Kier molecular flexibility index (Phi) is 6.22. The van der Waals surface area contributed by atoms with Gasteiger partial charge in [-0.2, -0.15) is 0 Å². The number of benzene rings is 1. The van der Waals surface area contributed by atoms with Gasteiger partial charge in [-0.25, -0.2) is 4.79 Å². The highest BCUT2D eigenvalue weighted by Gasteiger charge is 2.15. The van der Waals surface area contributed by atoms with Crippen LogP contribution in [0.3, 0.4) is 0 Å². The minimum atomic E-state index is -0.339. The van der Waals surface area contributed by atoms with Crippen molar-refractivity contribution in [2.75, 3.05) is 11.9 Å². The molecule has 0 aliphatic heterocycles. The van der Waals surface area contributed by atoms with Crippen molar-refractivity contribution in [2.45, 2.75) is 40.5 Å². The highest BCUT2D eigenvalue weighted by molar-refractivity contribution is 5.95. The minimum absolute atomic E-state index is 0.0270. The van der Waals surface area contributed by atoms with Gasteiger partial charge in [-0.1, -0.05) is 13.8 Å². The van der Waals surface area contributed by atoms with Gasteiger partial charge in [0, 0.05) is 11.6 Å². The molecular weight excluding hydrogens is 254 g/mol. The average molecular weight is 277 g/mol. The van der Waals surface area contributed by atoms with Crippen molar-refractivity contribution >= 4 is 17.6 Å². The fourth-order valence-corrected chi connectivity index (χ4v) is 2.04. The monoisotopic (exact) mass is 277 g/mol. The van der Waals surface area contributed by atoms with Crippen molar-refractivity contribution in [3.8, 4) is 0 Å². The zero-order valence-electron chi connectivity index (χ0n) is 12.7. The lowest BCUT2D eigenvalue weighted by Crippen LogP contribution is -2.22. The number of amides is 1. The van der Waals surface area contributed by atoms with Crippen molar-refractivity contribution in [2.24, 2.45) is 5.92 Å². The summed E-state index contributed by atoms with van der Waals surface area (Å²) >= 11 is 0. The Morgan fingerprint density at radius 3 is 2.35 bits per heavy atom. The first-order chi connectivity index (χ1) is 9.53. The molecule has 0 bridgehead atoms. The standard InChI is InChI=1S/C16H23NO3/c1-5-12(6-2)15(18)17-14-9-8-13(10-11(14)4)16(19)20-7-3/h8-10,12H,5-7H2,1-4H3,(H,17,18). The second kappa shape index (κ2) is 7.68. The molecule has 0 atom stereocenters. The van der Waals surface area contributed by atoms with Crippen LogP contribution in [0.25, 0.3) is 0 Å². The molecule has 1 amide bonds. The molecule has 0 fully saturated rings. The molecule has 1 rings (SSSR count). The zero-order valence-corrected chi connectivity index (χ0v) is 12.7. The number of hydrogen-bond donors (Lipinski definition) is 1. The van der Waals surface area contributed by atoms with Gasteiger partial charge < -0.3 is 10.1 Å². The van der Waals surface area contributed by atoms with Gasteiger partial charge in [0.1, 0.15) is 0 Å². The summed E-state index contributed by atoms with van der Waals surface area (Å²) in [6, 6.07) is 5.16. The Hall–Kier alpha value is -1.84. The molecule has 0 unspecified atom stereocenters. The van der Waals surface area contributed by atoms with Crippen molar-refractivity contribution in [3.63, 3.8) is 0 Å². The summed E-state index contributed by atoms with van der Waals surface area (Å²) in [6.45, 7) is 8.00. The summed E-state index contributed by atoms with van der Waals surface area (Å²) in [6.07, 6.45) is 1.64. The fourth-order valence-electron chi connectivity index (χ4n) is 2.04. The number of carbonyl (C=O) groups excluding carboxylic acids is 2. The molecule has 0 aliphatic rings. The summed E-state index contributed by atoms with van der Waals surface area (Å²) in [5, 5.41) is 2.92. The largest absolute Gasteiger partial charge is 0.462 e. The molecule has 110 valence electrons. The third-order valence-corrected chi connectivity index (χ3v) is 3.35. The second-order valence-corrected chi connectivity index (χ2v) is 4.75. The Bertz CT molecular complexity index is 479. The molecule has 0 heterocycles. The molecule has 20 heavy (non-hydrogen) atoms. The van der Waals surface area contributed by atoms with E-state index in [2.05, 4.69) is 5.32 Å². The van der Waals surface area contributed by atoms with Crippen molar-refractivity contribution in [3.05, 3.63) is 29.3 Å². The maximum Gasteiger partial charge on any atom is 0.338 e. The predicted molar refractivity (Wildman–Crippen MR) is 79.8 cm³/mol. The van der Waals surface area contributed by atoms with Crippen LogP contribution in [0.4, 0.5) is 5.69 Å². The van der Waals surface area contributed by atoms with E-state index in [1.54, 1.807) is 25.1 Å². The van der Waals surface area contributed by atoms with Crippen LogP contribution in [0.1, 0.15) is 49.5 Å². The Morgan fingerprint density at radius 1 is 1.20 bits per heavy atom. The van der Waals surface area contributed by atoms with Crippen LogP contribution in [0, 0.1) is 12.8 Å². The third kappa shape index (κ3) is 4.08. The first-order valence-electron chi connectivity index (χ1n) is 7.12. The van der Waals surface area contributed by atoms with E-state index in [0.29, 0.717) is 12.2 Å².